The number of Topliss-reactive ketones (excluding diaryl/α,β-unsaturated/α-hetero) is 2. The Morgan fingerprint density at radius 1 is 0.952 bits per heavy atom. The van der Waals surface area contributed by atoms with Crippen molar-refractivity contribution in [1.82, 2.24) is 0 Å². The first-order valence-electron chi connectivity index (χ1n) is 6.93. The highest BCUT2D eigenvalue weighted by Gasteiger charge is 2.46. The molecule has 21 heavy (non-hydrogen) atoms. The summed E-state index contributed by atoms with van der Waals surface area (Å²) in [5.74, 6) is 0.966. The van der Waals surface area contributed by atoms with Crippen molar-refractivity contribution < 1.29 is 19.1 Å². The molecule has 0 aliphatic heterocycles. The Bertz CT molecular complexity index is 754. The quantitative estimate of drug-likeness (QED) is 0.782. The molecule has 0 heterocycles. The van der Waals surface area contributed by atoms with Gasteiger partial charge in [0.2, 0.25) is 0 Å². The predicted octanol–water partition coefficient (Wildman–Crippen LogP) is 2.59. The monoisotopic (exact) mass is 282 g/mol. The lowest BCUT2D eigenvalue weighted by atomic mass is 9.79. The van der Waals surface area contributed by atoms with Gasteiger partial charge in [0.05, 0.1) is 19.8 Å². The number of allylic oxidation sites excluding steroid dienone is 4. The number of hydrogen-bond donors (Lipinski definition) is 0. The highest BCUT2D eigenvalue weighted by molar-refractivity contribution is 6.29. The molecule has 106 valence electrons. The van der Waals surface area contributed by atoms with E-state index in [2.05, 4.69) is 0 Å². The summed E-state index contributed by atoms with van der Waals surface area (Å²) in [4.78, 5) is 25.7. The van der Waals surface area contributed by atoms with Crippen molar-refractivity contribution in [3.63, 3.8) is 0 Å². The van der Waals surface area contributed by atoms with E-state index >= 15 is 0 Å². The molecule has 0 amide bonds. The molecular weight excluding hydrogens is 268 g/mol. The molecule has 2 atom stereocenters. The zero-order valence-corrected chi connectivity index (χ0v) is 11.8. The summed E-state index contributed by atoms with van der Waals surface area (Å²) in [7, 11) is 3.03. The summed E-state index contributed by atoms with van der Waals surface area (Å²) in [6.45, 7) is 0. The Hall–Kier alpha value is -2.36. The SMILES string of the molecule is COc1cc(OC)c2c(c1)C(=O)C1=C(C2=O)C2C=CC1C2. The van der Waals surface area contributed by atoms with Gasteiger partial charge in [0.25, 0.3) is 0 Å². The fourth-order valence-electron chi connectivity index (χ4n) is 3.67. The molecule has 0 N–H and O–H groups in total. The maximum absolute atomic E-state index is 12.8. The number of rotatable bonds is 2. The van der Waals surface area contributed by atoms with Gasteiger partial charge >= 0.3 is 0 Å². The maximum atomic E-state index is 12.8. The lowest BCUT2D eigenvalue weighted by Gasteiger charge is -2.23. The van der Waals surface area contributed by atoms with Gasteiger partial charge in [-0.2, -0.15) is 0 Å². The second-order valence-corrected chi connectivity index (χ2v) is 5.57. The Balaban J connectivity index is 1.97. The minimum Gasteiger partial charge on any atom is -0.497 e. The number of methoxy groups -OCH3 is 2. The van der Waals surface area contributed by atoms with Crippen molar-refractivity contribution in [1.29, 1.82) is 0 Å². The number of hydrogen-bond acceptors (Lipinski definition) is 4. The van der Waals surface area contributed by atoms with Crippen molar-refractivity contribution >= 4 is 11.6 Å². The molecule has 3 aliphatic carbocycles. The third-order valence-electron chi connectivity index (χ3n) is 4.61. The fourth-order valence-corrected chi connectivity index (χ4v) is 3.67. The van der Waals surface area contributed by atoms with E-state index in [-0.39, 0.29) is 23.4 Å². The van der Waals surface area contributed by atoms with Crippen molar-refractivity contribution in [3.8, 4) is 11.5 Å². The minimum absolute atomic E-state index is 0.0614. The predicted molar refractivity (Wildman–Crippen MR) is 76.0 cm³/mol. The van der Waals surface area contributed by atoms with Gasteiger partial charge in [-0.25, -0.2) is 0 Å². The molecule has 2 bridgehead atoms. The summed E-state index contributed by atoms with van der Waals surface area (Å²) in [6.07, 6.45) is 4.92. The van der Waals surface area contributed by atoms with Crippen LogP contribution in [0, 0.1) is 11.8 Å². The van der Waals surface area contributed by atoms with Gasteiger partial charge in [-0.05, 0) is 12.5 Å². The number of ether oxygens (including phenoxy) is 2. The Kier molecular flexibility index (Phi) is 2.40. The highest BCUT2D eigenvalue weighted by Crippen LogP contribution is 2.50. The van der Waals surface area contributed by atoms with Crippen LogP contribution in [0.1, 0.15) is 27.1 Å². The van der Waals surface area contributed by atoms with E-state index in [0.29, 0.717) is 33.8 Å². The fraction of sp³-hybridized carbons (Fsp3) is 0.294. The van der Waals surface area contributed by atoms with Crippen LogP contribution in [0.5, 0.6) is 11.5 Å². The molecule has 0 saturated carbocycles. The van der Waals surface area contributed by atoms with Gasteiger partial charge in [0.15, 0.2) is 11.6 Å². The summed E-state index contributed by atoms with van der Waals surface area (Å²) in [5.41, 5.74) is 2.12. The Morgan fingerprint density at radius 2 is 1.62 bits per heavy atom. The van der Waals surface area contributed by atoms with Gasteiger partial charge in [-0.15, -0.1) is 0 Å². The molecule has 4 rings (SSSR count). The molecule has 3 aliphatic rings. The maximum Gasteiger partial charge on any atom is 0.194 e. The molecule has 4 nitrogen and oxygen atoms in total. The van der Waals surface area contributed by atoms with Crippen molar-refractivity contribution in [2.45, 2.75) is 6.42 Å². The molecule has 0 fully saturated rings. The van der Waals surface area contributed by atoms with Crippen LogP contribution in [0.15, 0.2) is 35.4 Å². The summed E-state index contributed by atoms with van der Waals surface area (Å²) in [5, 5.41) is 0. The van der Waals surface area contributed by atoms with Crippen LogP contribution >= 0.6 is 0 Å². The Labute approximate surface area is 122 Å². The normalized spacial score (nSPS) is 25.2. The van der Waals surface area contributed by atoms with E-state index in [1.54, 1.807) is 12.1 Å². The van der Waals surface area contributed by atoms with Gasteiger partial charge in [-0.1, -0.05) is 12.2 Å². The third-order valence-corrected chi connectivity index (χ3v) is 4.61. The van der Waals surface area contributed by atoms with E-state index in [0.717, 1.165) is 6.42 Å². The van der Waals surface area contributed by atoms with E-state index in [4.69, 9.17) is 9.47 Å². The van der Waals surface area contributed by atoms with Gasteiger partial charge in [0.1, 0.15) is 11.5 Å². The van der Waals surface area contributed by atoms with E-state index < -0.39 is 0 Å². The van der Waals surface area contributed by atoms with E-state index in [9.17, 15) is 9.59 Å². The first-order chi connectivity index (χ1) is 10.2. The average Bonchev–Trinajstić information content (AvgIpc) is 3.12. The number of ketones is 2. The van der Waals surface area contributed by atoms with Crippen LogP contribution in [0.3, 0.4) is 0 Å². The van der Waals surface area contributed by atoms with Crippen LogP contribution in [0.4, 0.5) is 0 Å². The smallest absolute Gasteiger partial charge is 0.194 e. The number of carbonyl (C=O) groups is 2. The molecule has 4 heteroatoms. The van der Waals surface area contributed by atoms with Crippen molar-refractivity contribution in [2.75, 3.05) is 14.2 Å². The number of benzene rings is 1. The first kappa shape index (κ1) is 12.4. The van der Waals surface area contributed by atoms with Crippen LogP contribution in [-0.4, -0.2) is 25.8 Å². The van der Waals surface area contributed by atoms with Crippen molar-refractivity contribution in [2.24, 2.45) is 11.8 Å². The van der Waals surface area contributed by atoms with Crippen LogP contribution < -0.4 is 9.47 Å². The Morgan fingerprint density at radius 3 is 2.24 bits per heavy atom. The largest absolute Gasteiger partial charge is 0.497 e. The summed E-state index contributed by atoms with van der Waals surface area (Å²) in [6, 6.07) is 3.29. The van der Waals surface area contributed by atoms with Gasteiger partial charge in [-0.3, -0.25) is 9.59 Å². The van der Waals surface area contributed by atoms with E-state index in [1.165, 1.54) is 14.2 Å². The molecular formula is C17H14O4. The molecule has 2 unspecified atom stereocenters. The lowest BCUT2D eigenvalue weighted by Crippen LogP contribution is -2.25. The second kappa shape index (κ2) is 4.07. The van der Waals surface area contributed by atoms with Crippen LogP contribution in [-0.2, 0) is 0 Å². The zero-order valence-electron chi connectivity index (χ0n) is 11.8. The van der Waals surface area contributed by atoms with E-state index in [1.807, 2.05) is 12.2 Å². The molecule has 1 aromatic carbocycles. The topological polar surface area (TPSA) is 52.6 Å². The zero-order chi connectivity index (χ0) is 14.7. The molecule has 0 saturated heterocycles. The molecule has 0 spiro atoms. The molecule has 0 aromatic heterocycles. The molecule has 0 radical (unpaired) electrons. The molecule has 1 aromatic rings. The second-order valence-electron chi connectivity index (χ2n) is 5.57. The lowest BCUT2D eigenvalue weighted by molar-refractivity contribution is 0.0966. The first-order valence-corrected chi connectivity index (χ1v) is 6.93. The van der Waals surface area contributed by atoms with Gasteiger partial charge in [0, 0.05) is 34.6 Å². The number of fused-ring (bicyclic) bond motifs is 5. The van der Waals surface area contributed by atoms with Crippen LogP contribution in [0.2, 0.25) is 0 Å². The third kappa shape index (κ3) is 1.45. The van der Waals surface area contributed by atoms with Crippen molar-refractivity contribution in [3.05, 3.63) is 46.6 Å². The minimum atomic E-state index is -0.0732. The van der Waals surface area contributed by atoms with Crippen LogP contribution in [0.25, 0.3) is 0 Å². The summed E-state index contributed by atoms with van der Waals surface area (Å²) < 4.78 is 10.5. The number of carbonyl (C=O) groups excluding carboxylic acids is 2. The average molecular weight is 282 g/mol. The standard InChI is InChI=1S/C17H14O4/c1-20-10-6-11-15(12(7-10)21-2)17(19)14-9-4-3-8(5-9)13(14)16(11)18/h3-4,6-9H,5H2,1-2H3. The summed E-state index contributed by atoms with van der Waals surface area (Å²) >= 11 is 0. The van der Waals surface area contributed by atoms with Gasteiger partial charge < -0.3 is 9.47 Å². The highest BCUT2D eigenvalue weighted by atomic mass is 16.5.